The zero-order valence-electron chi connectivity index (χ0n) is 30.0. The molecule has 14 atom stereocenters. The molecule has 10 aliphatic rings. The predicted octanol–water partition coefficient (Wildman–Crippen LogP) is 7.78. The summed E-state index contributed by atoms with van der Waals surface area (Å²) in [6.07, 6.45) is -5.34. The van der Waals surface area contributed by atoms with Gasteiger partial charge in [-0.3, -0.25) is 0 Å². The van der Waals surface area contributed by atoms with Gasteiger partial charge in [0.15, 0.2) is 17.5 Å². The highest BCUT2D eigenvalue weighted by Gasteiger charge is 2.77. The van der Waals surface area contributed by atoms with E-state index < -0.39 is 90.2 Å². The molecule has 16 heteroatoms. The van der Waals surface area contributed by atoms with Crippen molar-refractivity contribution in [1.82, 2.24) is 0 Å². The van der Waals surface area contributed by atoms with Gasteiger partial charge in [-0.15, -0.1) is 0 Å². The molecule has 10 nitrogen and oxygen atoms in total. The fourth-order valence-corrected chi connectivity index (χ4v) is 10.9. The minimum Gasteiger partial charge on any atom is -0.456 e. The molecule has 52 heavy (non-hydrogen) atoms. The Kier molecular flexibility index (Phi) is 9.00. The van der Waals surface area contributed by atoms with Crippen LogP contribution >= 0.6 is 0 Å². The fourth-order valence-electron chi connectivity index (χ4n) is 10.9. The van der Waals surface area contributed by atoms with Crippen molar-refractivity contribution in [2.45, 2.75) is 139 Å². The van der Waals surface area contributed by atoms with Gasteiger partial charge in [-0.1, -0.05) is 32.9 Å². The molecule has 2 unspecified atom stereocenters. The van der Waals surface area contributed by atoms with E-state index in [0.29, 0.717) is 51.4 Å². The molecule has 7 saturated heterocycles. The monoisotopic (exact) mass is 754 g/mol. The van der Waals surface area contributed by atoms with Crippen molar-refractivity contribution in [3.63, 3.8) is 0 Å². The van der Waals surface area contributed by atoms with E-state index in [9.17, 15) is 13.2 Å². The number of allylic oxidation sites excluding steroid dienone is 1. The Morgan fingerprint density at radius 1 is 0.692 bits per heavy atom. The van der Waals surface area contributed by atoms with Crippen molar-refractivity contribution in [2.75, 3.05) is 19.8 Å². The molecule has 0 aromatic rings. The molecule has 0 N–H and O–H groups in total. The van der Waals surface area contributed by atoms with Gasteiger partial charge in [0.1, 0.15) is 0 Å². The van der Waals surface area contributed by atoms with Gasteiger partial charge in [0.25, 0.3) is 5.79 Å². The Morgan fingerprint density at radius 3 is 1.94 bits per heavy atom. The molecule has 9 fully saturated rings. The van der Waals surface area contributed by atoms with Crippen molar-refractivity contribution < 1.29 is 74.3 Å². The lowest BCUT2D eigenvalue weighted by atomic mass is 9.57. The highest BCUT2D eigenvalue weighted by molar-refractivity contribution is 5.28. The maximum atomic E-state index is 15.1. The molecule has 10 rings (SSSR count). The van der Waals surface area contributed by atoms with Crippen molar-refractivity contribution in [3.05, 3.63) is 23.5 Å². The van der Waals surface area contributed by atoms with Gasteiger partial charge in [-0.25, -0.2) is 19.6 Å². The van der Waals surface area contributed by atoms with Crippen molar-refractivity contribution in [1.29, 1.82) is 0 Å². The van der Waals surface area contributed by atoms with Crippen LogP contribution in [-0.4, -0.2) is 73.3 Å². The van der Waals surface area contributed by atoms with Crippen LogP contribution in [0.1, 0.15) is 86.0 Å². The lowest BCUT2D eigenvalue weighted by Gasteiger charge is -2.62. The minimum atomic E-state index is -4.94. The van der Waals surface area contributed by atoms with Gasteiger partial charge >= 0.3 is 12.4 Å². The number of halogens is 6. The predicted molar refractivity (Wildman–Crippen MR) is 165 cm³/mol. The first-order valence-electron chi connectivity index (χ1n) is 18.6. The molecule has 294 valence electrons. The summed E-state index contributed by atoms with van der Waals surface area (Å²) in [6.45, 7) is 7.67. The zero-order valence-corrected chi connectivity index (χ0v) is 30.0. The number of hydrogen-bond donors (Lipinski definition) is 0. The van der Waals surface area contributed by atoms with E-state index in [-0.39, 0.29) is 35.9 Å². The number of fused-ring (bicyclic) bond motifs is 4. The molecular formula is C36H48F6O10. The second kappa shape index (κ2) is 12.5. The minimum absolute atomic E-state index is 0.102. The molecule has 0 radical (unpaired) electrons. The third kappa shape index (κ3) is 5.47. The molecule has 0 aromatic carbocycles. The van der Waals surface area contributed by atoms with Crippen LogP contribution in [0.5, 0.6) is 0 Å². The summed E-state index contributed by atoms with van der Waals surface area (Å²) in [5, 5.41) is 0. The van der Waals surface area contributed by atoms with Gasteiger partial charge in [0, 0.05) is 42.1 Å². The van der Waals surface area contributed by atoms with Gasteiger partial charge in [0.05, 0.1) is 19.8 Å². The Bertz CT molecular complexity index is 1460. The number of alkyl halides is 6. The van der Waals surface area contributed by atoms with E-state index >= 15 is 13.2 Å². The van der Waals surface area contributed by atoms with E-state index in [2.05, 4.69) is 6.92 Å². The maximum Gasteiger partial charge on any atom is 0.449 e. The standard InChI is InChI=1S/C36H48F6O10/c1-19-8-10-25-21(3)34(36(40,41)42,48-29-32(25)23(19)12-15-31(5,47-29)50-51-32)44-17-7-6-16-43-18-22-26-11-9-20(2)24-13-14-30(4)46-28(33(24,26)52-49-30)45-27(22)35(37,38)39/h6-7,19-21,23-26,28-29H,8-18H2,1-5H3/b7-6+/t19-,20-,21-,23?,24?,25+,26+,28-,29+,30-,31+,32-,33-,34-/m1/s1. The normalized spacial score (nSPS) is 50.0. The summed E-state index contributed by atoms with van der Waals surface area (Å²) in [4.78, 5) is 23.4. The van der Waals surface area contributed by atoms with Crippen LogP contribution in [0.15, 0.2) is 23.5 Å². The largest absolute Gasteiger partial charge is 0.456 e. The van der Waals surface area contributed by atoms with Crippen molar-refractivity contribution in [3.8, 4) is 0 Å². The Morgan fingerprint density at radius 2 is 1.29 bits per heavy atom. The summed E-state index contributed by atoms with van der Waals surface area (Å²) in [6, 6.07) is 0. The van der Waals surface area contributed by atoms with Crippen LogP contribution < -0.4 is 0 Å². The average molecular weight is 755 g/mol. The molecule has 8 aliphatic heterocycles. The Hall–Kier alpha value is -1.50. The molecule has 2 aliphatic carbocycles. The molecule has 4 bridgehead atoms. The Labute approximate surface area is 298 Å². The van der Waals surface area contributed by atoms with E-state index in [4.69, 9.17) is 48.0 Å². The number of hydrogen-bond acceptors (Lipinski definition) is 10. The zero-order chi connectivity index (χ0) is 37.1. The van der Waals surface area contributed by atoms with E-state index in [0.717, 1.165) is 0 Å². The van der Waals surface area contributed by atoms with Crippen LogP contribution in [0.25, 0.3) is 0 Å². The SMILES string of the molecule is C[C@@H]1CC[C@H]2C(COC/C=C/CO[C@@]3(C(F)(F)F)O[C@@H]4O[C@]5(C)CCC6[C@H](C)CC[C@@H]([C@H]3C)[C@]64OO5)=C(C(F)(F)F)O[C@@H]3O[C@@]4(C)CCC1[C@]32OO4. The lowest BCUT2D eigenvalue weighted by Crippen LogP contribution is -2.76. The van der Waals surface area contributed by atoms with Crippen LogP contribution in [0.2, 0.25) is 0 Å². The molecule has 0 amide bonds. The van der Waals surface area contributed by atoms with Crippen LogP contribution in [0, 0.1) is 41.4 Å². The van der Waals surface area contributed by atoms with Crippen LogP contribution in [-0.2, 0) is 48.0 Å². The van der Waals surface area contributed by atoms with Crippen molar-refractivity contribution in [2.24, 2.45) is 41.4 Å². The summed E-state index contributed by atoms with van der Waals surface area (Å²) >= 11 is 0. The first kappa shape index (κ1) is 37.4. The first-order valence-corrected chi connectivity index (χ1v) is 18.6. The van der Waals surface area contributed by atoms with Crippen molar-refractivity contribution >= 4 is 0 Å². The Balaban J connectivity index is 0.974. The number of rotatable bonds is 7. The van der Waals surface area contributed by atoms with E-state index in [1.807, 2.05) is 6.92 Å². The summed E-state index contributed by atoms with van der Waals surface area (Å²) in [5.74, 6) is -9.26. The maximum absolute atomic E-state index is 15.1. The number of ether oxygens (including phenoxy) is 6. The molecular weight excluding hydrogens is 706 g/mol. The summed E-state index contributed by atoms with van der Waals surface area (Å²) in [5.41, 5.74) is -2.60. The third-order valence-corrected chi connectivity index (χ3v) is 13.6. The summed E-state index contributed by atoms with van der Waals surface area (Å²) < 4.78 is 124. The average Bonchev–Trinajstić information content (AvgIpc) is 3.44. The molecule has 2 saturated carbocycles. The smallest absolute Gasteiger partial charge is 0.449 e. The topological polar surface area (TPSA) is 92.3 Å². The highest BCUT2D eigenvalue weighted by Crippen LogP contribution is 2.65. The van der Waals surface area contributed by atoms with Gasteiger partial charge in [-0.2, -0.15) is 26.3 Å². The van der Waals surface area contributed by atoms with Gasteiger partial charge < -0.3 is 28.4 Å². The molecule has 2 spiro atoms. The first-order chi connectivity index (χ1) is 24.4. The quantitative estimate of drug-likeness (QED) is 0.111. The van der Waals surface area contributed by atoms with E-state index in [1.165, 1.54) is 19.1 Å². The second-order valence-electron chi connectivity index (χ2n) is 16.6. The molecule has 8 heterocycles. The van der Waals surface area contributed by atoms with Gasteiger partial charge in [-0.05, 0) is 70.1 Å². The molecule has 0 aromatic heterocycles. The van der Waals surface area contributed by atoms with Crippen LogP contribution in [0.4, 0.5) is 26.3 Å². The van der Waals surface area contributed by atoms with E-state index in [1.54, 1.807) is 13.8 Å². The summed E-state index contributed by atoms with van der Waals surface area (Å²) in [7, 11) is 0. The van der Waals surface area contributed by atoms with Gasteiger partial charge in [0.2, 0.25) is 23.6 Å². The fraction of sp³-hybridized carbons (Fsp3) is 0.889. The third-order valence-electron chi connectivity index (χ3n) is 13.6. The second-order valence-corrected chi connectivity index (χ2v) is 16.6. The van der Waals surface area contributed by atoms with Crippen LogP contribution in [0.3, 0.4) is 0 Å². The lowest BCUT2D eigenvalue weighted by molar-refractivity contribution is -0.598. The highest BCUT2D eigenvalue weighted by atomic mass is 19.4.